The molecule has 0 radical (unpaired) electrons. The lowest BCUT2D eigenvalue weighted by atomic mass is 10.0. The highest BCUT2D eigenvalue weighted by Gasteiger charge is 2.11. The minimum Gasteiger partial charge on any atom is -0.327 e. The maximum Gasteiger partial charge on any atom is 0.0449 e. The summed E-state index contributed by atoms with van der Waals surface area (Å²) < 4.78 is 0. The summed E-state index contributed by atoms with van der Waals surface area (Å²) in [5.41, 5.74) is 8.36. The Morgan fingerprint density at radius 2 is 1.76 bits per heavy atom. The molecule has 2 aromatic carbocycles. The maximum absolute atomic E-state index is 6.35. The third-order valence-electron chi connectivity index (χ3n) is 3.41. The monoisotopic (exact) mass is 339 g/mol. The third kappa shape index (κ3) is 4.65. The fourth-order valence-electron chi connectivity index (χ4n) is 2.05. The van der Waals surface area contributed by atoms with E-state index in [0.717, 1.165) is 39.8 Å². The van der Waals surface area contributed by atoms with Crippen LogP contribution in [0.5, 0.6) is 0 Å². The Balaban J connectivity index is 2.16. The molecular formula is C17H19Cl2NS. The molecule has 1 nitrogen and oxygen atoms in total. The van der Waals surface area contributed by atoms with Crippen LogP contribution in [0.1, 0.15) is 24.5 Å². The van der Waals surface area contributed by atoms with Crippen LogP contribution < -0.4 is 5.73 Å². The first-order valence-electron chi connectivity index (χ1n) is 7.01. The summed E-state index contributed by atoms with van der Waals surface area (Å²) in [6.07, 6.45) is 1.75. The van der Waals surface area contributed by atoms with Crippen LogP contribution in [0.3, 0.4) is 0 Å². The largest absolute Gasteiger partial charge is 0.327 e. The molecular weight excluding hydrogens is 321 g/mol. The van der Waals surface area contributed by atoms with Gasteiger partial charge in [0, 0.05) is 26.7 Å². The first-order valence-corrected chi connectivity index (χ1v) is 8.75. The summed E-state index contributed by atoms with van der Waals surface area (Å²) in [6, 6.07) is 14.1. The van der Waals surface area contributed by atoms with E-state index in [4.69, 9.17) is 28.9 Å². The Kier molecular flexibility index (Phi) is 6.43. The van der Waals surface area contributed by atoms with Gasteiger partial charge >= 0.3 is 0 Å². The number of benzene rings is 2. The number of hydrogen-bond acceptors (Lipinski definition) is 2. The normalized spacial score (nSPS) is 12.4. The second kappa shape index (κ2) is 8.09. The van der Waals surface area contributed by atoms with Crippen LogP contribution in [0.25, 0.3) is 0 Å². The van der Waals surface area contributed by atoms with Crippen LogP contribution in [0, 0.1) is 0 Å². The second-order valence-electron chi connectivity index (χ2n) is 4.97. The molecule has 0 amide bonds. The molecule has 0 saturated heterocycles. The molecule has 0 fully saturated rings. The van der Waals surface area contributed by atoms with Crippen LogP contribution in [-0.4, -0.2) is 6.04 Å². The van der Waals surface area contributed by atoms with Crippen molar-refractivity contribution in [2.24, 2.45) is 5.73 Å². The maximum atomic E-state index is 6.35. The SMILES string of the molecule is CCC(N)Cc1c(Cl)cccc1SCc1ccccc1Cl. The minimum absolute atomic E-state index is 0.143. The molecule has 112 valence electrons. The summed E-state index contributed by atoms with van der Waals surface area (Å²) >= 11 is 14.3. The molecule has 0 heterocycles. The average molecular weight is 340 g/mol. The van der Waals surface area contributed by atoms with Crippen LogP contribution in [0.2, 0.25) is 10.0 Å². The van der Waals surface area contributed by atoms with Crippen molar-refractivity contribution in [2.45, 2.75) is 36.5 Å². The van der Waals surface area contributed by atoms with Gasteiger partial charge in [-0.25, -0.2) is 0 Å². The first kappa shape index (κ1) is 16.7. The lowest BCUT2D eigenvalue weighted by Gasteiger charge is -2.15. The molecule has 4 heteroatoms. The summed E-state index contributed by atoms with van der Waals surface area (Å²) in [6.45, 7) is 2.10. The van der Waals surface area contributed by atoms with E-state index < -0.39 is 0 Å². The number of hydrogen-bond donors (Lipinski definition) is 1. The van der Waals surface area contributed by atoms with Gasteiger partial charge in [-0.15, -0.1) is 11.8 Å². The van der Waals surface area contributed by atoms with E-state index >= 15 is 0 Å². The van der Waals surface area contributed by atoms with E-state index in [9.17, 15) is 0 Å². The molecule has 1 unspecified atom stereocenters. The molecule has 0 aliphatic rings. The highest BCUT2D eigenvalue weighted by Crippen LogP contribution is 2.33. The Hall–Kier alpha value is -0.670. The lowest BCUT2D eigenvalue weighted by molar-refractivity contribution is 0.641. The summed E-state index contributed by atoms with van der Waals surface area (Å²) in [5, 5.41) is 1.60. The van der Waals surface area contributed by atoms with Gasteiger partial charge in [0.25, 0.3) is 0 Å². The van der Waals surface area contributed by atoms with Crippen molar-refractivity contribution < 1.29 is 0 Å². The van der Waals surface area contributed by atoms with Crippen LogP contribution in [0.4, 0.5) is 0 Å². The molecule has 0 spiro atoms. The minimum atomic E-state index is 0.143. The van der Waals surface area contributed by atoms with E-state index in [1.165, 1.54) is 4.90 Å². The smallest absolute Gasteiger partial charge is 0.0449 e. The molecule has 0 bridgehead atoms. The highest BCUT2D eigenvalue weighted by molar-refractivity contribution is 7.98. The van der Waals surface area contributed by atoms with Crippen LogP contribution >= 0.6 is 35.0 Å². The Morgan fingerprint density at radius 1 is 1.05 bits per heavy atom. The summed E-state index contributed by atoms with van der Waals surface area (Å²) in [4.78, 5) is 1.19. The van der Waals surface area contributed by atoms with Gasteiger partial charge in [-0.05, 0) is 42.2 Å². The Bertz CT molecular complexity index is 601. The third-order valence-corrected chi connectivity index (χ3v) is 5.28. The van der Waals surface area contributed by atoms with Crippen molar-refractivity contribution in [2.75, 3.05) is 0 Å². The summed E-state index contributed by atoms with van der Waals surface area (Å²) in [5.74, 6) is 0.828. The predicted octanol–water partition coefficient (Wildman–Crippen LogP) is 5.57. The lowest BCUT2D eigenvalue weighted by Crippen LogP contribution is -2.21. The fourth-order valence-corrected chi connectivity index (χ4v) is 3.74. The molecule has 0 aliphatic carbocycles. The van der Waals surface area contributed by atoms with Gasteiger partial charge < -0.3 is 5.73 Å². The first-order chi connectivity index (χ1) is 10.1. The van der Waals surface area contributed by atoms with Gasteiger partial charge in [-0.3, -0.25) is 0 Å². The van der Waals surface area contributed by atoms with Crippen molar-refractivity contribution in [3.63, 3.8) is 0 Å². The molecule has 2 rings (SSSR count). The van der Waals surface area contributed by atoms with Crippen LogP contribution in [0.15, 0.2) is 47.4 Å². The molecule has 2 N–H and O–H groups in total. The fraction of sp³-hybridized carbons (Fsp3) is 0.294. The quantitative estimate of drug-likeness (QED) is 0.696. The molecule has 21 heavy (non-hydrogen) atoms. The summed E-state index contributed by atoms with van der Waals surface area (Å²) in [7, 11) is 0. The van der Waals surface area contributed by atoms with E-state index in [-0.39, 0.29) is 6.04 Å². The molecule has 0 saturated carbocycles. The zero-order valence-electron chi connectivity index (χ0n) is 12.0. The predicted molar refractivity (Wildman–Crippen MR) is 94.4 cm³/mol. The topological polar surface area (TPSA) is 26.0 Å². The van der Waals surface area contributed by atoms with Gasteiger partial charge in [0.2, 0.25) is 0 Å². The van der Waals surface area contributed by atoms with E-state index in [2.05, 4.69) is 19.1 Å². The standard InChI is InChI=1S/C17H19Cl2NS/c1-2-13(20)10-14-16(19)8-5-9-17(14)21-11-12-6-3-4-7-15(12)18/h3-9,13H,2,10-11,20H2,1H3. The highest BCUT2D eigenvalue weighted by atomic mass is 35.5. The zero-order chi connectivity index (χ0) is 15.2. The van der Waals surface area contributed by atoms with Crippen molar-refractivity contribution in [3.8, 4) is 0 Å². The average Bonchev–Trinajstić information content (AvgIpc) is 2.49. The number of thioether (sulfide) groups is 1. The van der Waals surface area contributed by atoms with Gasteiger partial charge in [-0.1, -0.05) is 54.4 Å². The van der Waals surface area contributed by atoms with Crippen molar-refractivity contribution in [3.05, 3.63) is 63.6 Å². The van der Waals surface area contributed by atoms with Gasteiger partial charge in [0.1, 0.15) is 0 Å². The second-order valence-corrected chi connectivity index (χ2v) is 6.80. The zero-order valence-corrected chi connectivity index (χ0v) is 14.3. The van der Waals surface area contributed by atoms with Gasteiger partial charge in [0.15, 0.2) is 0 Å². The molecule has 0 aromatic heterocycles. The van der Waals surface area contributed by atoms with Gasteiger partial charge in [0.05, 0.1) is 0 Å². The van der Waals surface area contributed by atoms with E-state index in [0.29, 0.717) is 0 Å². The van der Waals surface area contributed by atoms with Gasteiger partial charge in [-0.2, -0.15) is 0 Å². The molecule has 2 aromatic rings. The van der Waals surface area contributed by atoms with Crippen molar-refractivity contribution in [1.29, 1.82) is 0 Å². The Labute approximate surface area is 140 Å². The molecule has 0 aliphatic heterocycles. The number of rotatable bonds is 6. The number of nitrogens with two attached hydrogens (primary N) is 1. The molecule has 1 atom stereocenters. The van der Waals surface area contributed by atoms with E-state index in [1.807, 2.05) is 30.3 Å². The Morgan fingerprint density at radius 3 is 2.48 bits per heavy atom. The number of halogens is 2. The van der Waals surface area contributed by atoms with Crippen molar-refractivity contribution >= 4 is 35.0 Å². The van der Waals surface area contributed by atoms with E-state index in [1.54, 1.807) is 11.8 Å². The van der Waals surface area contributed by atoms with Crippen molar-refractivity contribution in [1.82, 2.24) is 0 Å². The van der Waals surface area contributed by atoms with Crippen LogP contribution in [-0.2, 0) is 12.2 Å².